The third-order valence-corrected chi connectivity index (χ3v) is 7.39. The van der Waals surface area contributed by atoms with Gasteiger partial charge in [0, 0.05) is 10.1 Å². The van der Waals surface area contributed by atoms with Crippen LogP contribution in [0.25, 0.3) is 0 Å². The second kappa shape index (κ2) is 7.76. The molecule has 0 amide bonds. The predicted molar refractivity (Wildman–Crippen MR) is 111 cm³/mol. The topological polar surface area (TPSA) is 29.5 Å². The van der Waals surface area contributed by atoms with Crippen molar-refractivity contribution in [3.8, 4) is 5.75 Å². The number of rotatable bonds is 5. The molecule has 1 heterocycles. The van der Waals surface area contributed by atoms with E-state index in [0.717, 1.165) is 22.6 Å². The van der Waals surface area contributed by atoms with Gasteiger partial charge in [-0.15, -0.1) is 0 Å². The zero-order valence-corrected chi connectivity index (χ0v) is 17.3. The van der Waals surface area contributed by atoms with E-state index in [1.54, 1.807) is 0 Å². The van der Waals surface area contributed by atoms with Gasteiger partial charge in [-0.25, -0.2) is 0 Å². The molecular weight excluding hydrogens is 354 g/mol. The first-order valence-electron chi connectivity index (χ1n) is 10.0. The van der Waals surface area contributed by atoms with Gasteiger partial charge in [0.2, 0.25) is 0 Å². The van der Waals surface area contributed by atoms with E-state index in [2.05, 4.69) is 36.1 Å². The molecule has 0 saturated carbocycles. The molecule has 4 heteroatoms. The lowest BCUT2D eigenvalue weighted by Crippen LogP contribution is -2.38. The smallest absolute Gasteiger partial charge is 0.140 e. The van der Waals surface area contributed by atoms with Crippen LogP contribution >= 0.6 is 0 Å². The average Bonchev–Trinajstić information content (AvgIpc) is 3.30. The molecule has 1 unspecified atom stereocenters. The Morgan fingerprint density at radius 2 is 1.85 bits per heavy atom. The molecule has 0 aromatic heterocycles. The van der Waals surface area contributed by atoms with Crippen LogP contribution in [0.4, 0.5) is 0 Å². The van der Waals surface area contributed by atoms with Crippen LogP contribution in [0.3, 0.4) is 0 Å². The lowest BCUT2D eigenvalue weighted by atomic mass is 10.1. The fraction of sp³-hybridized carbons (Fsp3) is 0.478. The fourth-order valence-electron chi connectivity index (χ4n) is 4.36. The van der Waals surface area contributed by atoms with Gasteiger partial charge in [0.25, 0.3) is 0 Å². The molecule has 0 bridgehead atoms. The Morgan fingerprint density at radius 3 is 2.56 bits per heavy atom. The van der Waals surface area contributed by atoms with Crippen molar-refractivity contribution in [1.82, 2.24) is 4.90 Å². The predicted octanol–water partition coefficient (Wildman–Crippen LogP) is 4.65. The highest BCUT2D eigenvalue weighted by molar-refractivity contribution is 7.85. The van der Waals surface area contributed by atoms with Crippen LogP contribution in [0.1, 0.15) is 49.5 Å². The standard InChI is InChI=1S/C23H29NO2S/c1-16(2)27(25)19-10-11-22(17(3)14-19)26-23-20-9-5-4-8-18(20)15-21(23)24-12-6-7-13-24/h4-5,8-11,14,16,21,23H,6-7,12-13,15H2,1-3H3/t21-,23-,27?/m0/s1. The second-order valence-corrected chi connectivity index (χ2v) is 10.0. The van der Waals surface area contributed by atoms with Crippen LogP contribution in [-0.2, 0) is 17.2 Å². The van der Waals surface area contributed by atoms with Crippen molar-refractivity contribution in [3.63, 3.8) is 0 Å². The highest BCUT2D eigenvalue weighted by Crippen LogP contribution is 2.40. The van der Waals surface area contributed by atoms with Crippen LogP contribution < -0.4 is 4.74 Å². The van der Waals surface area contributed by atoms with Gasteiger partial charge >= 0.3 is 0 Å². The van der Waals surface area contributed by atoms with Crippen molar-refractivity contribution in [2.45, 2.75) is 62.3 Å². The number of nitrogens with zero attached hydrogens (tertiary/aromatic N) is 1. The molecule has 2 aromatic carbocycles. The molecule has 1 fully saturated rings. The quantitative estimate of drug-likeness (QED) is 0.753. The number of benzene rings is 2. The van der Waals surface area contributed by atoms with E-state index in [4.69, 9.17) is 4.74 Å². The van der Waals surface area contributed by atoms with Gasteiger partial charge in [0.05, 0.1) is 16.8 Å². The minimum Gasteiger partial charge on any atom is -0.484 e. The zero-order chi connectivity index (χ0) is 19.0. The van der Waals surface area contributed by atoms with Crippen molar-refractivity contribution < 1.29 is 8.95 Å². The number of hydrogen-bond acceptors (Lipinski definition) is 3. The Hall–Kier alpha value is -1.65. The van der Waals surface area contributed by atoms with Crippen molar-refractivity contribution in [3.05, 3.63) is 59.2 Å². The third-order valence-electron chi connectivity index (χ3n) is 5.81. The normalized spacial score (nSPS) is 23.6. The first-order valence-corrected chi connectivity index (χ1v) is 11.3. The SMILES string of the molecule is Cc1cc(S(=O)C(C)C)ccc1O[C@H]1c2ccccc2C[C@@H]1N1CCCC1. The van der Waals surface area contributed by atoms with Crippen molar-refractivity contribution in [1.29, 1.82) is 0 Å². The first kappa shape index (κ1) is 18.7. The molecule has 4 rings (SSSR count). The molecule has 0 radical (unpaired) electrons. The summed E-state index contributed by atoms with van der Waals surface area (Å²) in [4.78, 5) is 3.49. The summed E-state index contributed by atoms with van der Waals surface area (Å²) in [5.74, 6) is 0.908. The Balaban J connectivity index is 1.62. The Kier molecular flexibility index (Phi) is 5.38. The second-order valence-electron chi connectivity index (χ2n) is 8.03. The minimum atomic E-state index is -0.967. The summed E-state index contributed by atoms with van der Waals surface area (Å²) in [5.41, 5.74) is 3.80. The molecule has 2 aromatic rings. The number of ether oxygens (including phenoxy) is 1. The Labute approximate surface area is 165 Å². The minimum absolute atomic E-state index is 0.0689. The largest absolute Gasteiger partial charge is 0.484 e. The molecule has 3 atom stereocenters. The maximum atomic E-state index is 12.4. The van der Waals surface area contributed by atoms with E-state index in [1.165, 1.54) is 37.1 Å². The van der Waals surface area contributed by atoms with Crippen molar-refractivity contribution >= 4 is 10.8 Å². The summed E-state index contributed by atoms with van der Waals surface area (Å²) in [7, 11) is -0.967. The van der Waals surface area contributed by atoms with Gasteiger partial charge in [-0.3, -0.25) is 9.11 Å². The number of aryl methyl sites for hydroxylation is 1. The maximum absolute atomic E-state index is 12.4. The summed E-state index contributed by atoms with van der Waals surface area (Å²) in [6, 6.07) is 15.1. The molecule has 1 aliphatic carbocycles. The molecule has 0 N–H and O–H groups in total. The summed E-state index contributed by atoms with van der Waals surface area (Å²) >= 11 is 0. The summed E-state index contributed by atoms with van der Waals surface area (Å²) in [6.45, 7) is 8.38. The number of fused-ring (bicyclic) bond motifs is 1. The number of hydrogen-bond donors (Lipinski definition) is 0. The molecule has 1 saturated heterocycles. The van der Waals surface area contributed by atoms with Gasteiger partial charge in [0.15, 0.2) is 0 Å². The van der Waals surface area contributed by atoms with E-state index in [1.807, 2.05) is 32.0 Å². The van der Waals surface area contributed by atoms with E-state index in [0.29, 0.717) is 6.04 Å². The number of likely N-dealkylation sites (tertiary alicyclic amines) is 1. The lowest BCUT2D eigenvalue weighted by molar-refractivity contribution is 0.0935. The van der Waals surface area contributed by atoms with Crippen LogP contribution in [0.2, 0.25) is 0 Å². The Morgan fingerprint density at radius 1 is 1.11 bits per heavy atom. The van der Waals surface area contributed by atoms with Crippen LogP contribution in [0.5, 0.6) is 5.75 Å². The van der Waals surface area contributed by atoms with Gasteiger partial charge in [0.1, 0.15) is 11.9 Å². The molecule has 1 aliphatic heterocycles. The summed E-state index contributed by atoms with van der Waals surface area (Å²) in [5, 5.41) is 0.123. The molecule has 144 valence electrons. The van der Waals surface area contributed by atoms with Gasteiger partial charge in [-0.05, 0) is 74.2 Å². The van der Waals surface area contributed by atoms with Gasteiger partial charge in [-0.2, -0.15) is 0 Å². The average molecular weight is 384 g/mol. The summed E-state index contributed by atoms with van der Waals surface area (Å²) < 4.78 is 19.0. The van der Waals surface area contributed by atoms with Crippen molar-refractivity contribution in [2.24, 2.45) is 0 Å². The Bertz CT molecular complexity index is 842. The lowest BCUT2D eigenvalue weighted by Gasteiger charge is -2.30. The van der Waals surface area contributed by atoms with E-state index in [-0.39, 0.29) is 11.4 Å². The molecule has 3 nitrogen and oxygen atoms in total. The summed E-state index contributed by atoms with van der Waals surface area (Å²) in [6.07, 6.45) is 3.71. The van der Waals surface area contributed by atoms with Crippen LogP contribution in [0.15, 0.2) is 47.4 Å². The maximum Gasteiger partial charge on any atom is 0.140 e. The highest BCUT2D eigenvalue weighted by Gasteiger charge is 2.38. The fourth-order valence-corrected chi connectivity index (χ4v) is 5.40. The molecule has 2 aliphatic rings. The highest BCUT2D eigenvalue weighted by atomic mass is 32.2. The van der Waals surface area contributed by atoms with Crippen LogP contribution in [0, 0.1) is 6.92 Å². The third kappa shape index (κ3) is 3.70. The van der Waals surface area contributed by atoms with Crippen molar-refractivity contribution in [2.75, 3.05) is 13.1 Å². The van der Waals surface area contributed by atoms with Crippen LogP contribution in [-0.4, -0.2) is 33.5 Å². The molecular formula is C23H29NO2S. The zero-order valence-electron chi connectivity index (χ0n) is 16.5. The van der Waals surface area contributed by atoms with E-state index < -0.39 is 10.8 Å². The monoisotopic (exact) mass is 383 g/mol. The van der Waals surface area contributed by atoms with Gasteiger partial charge < -0.3 is 4.74 Å². The molecule has 0 spiro atoms. The van der Waals surface area contributed by atoms with E-state index in [9.17, 15) is 4.21 Å². The van der Waals surface area contributed by atoms with E-state index >= 15 is 0 Å². The first-order chi connectivity index (χ1) is 13.0. The molecule has 27 heavy (non-hydrogen) atoms. The van der Waals surface area contributed by atoms with Gasteiger partial charge in [-0.1, -0.05) is 38.1 Å².